The molecule has 0 N–H and O–H groups in total. The zero-order valence-electron chi connectivity index (χ0n) is 19.9. The van der Waals surface area contributed by atoms with E-state index in [1.54, 1.807) is 49.7 Å². The SMILES string of the molecule is C[C@H]1CN(S(=O)(=O)C(C)(C)C)CCN1c1ncnn2c(-c3cc(C#N)ccn3)cc(C3CC3)c12. The van der Waals surface area contributed by atoms with E-state index in [1.807, 2.05) is 11.4 Å². The van der Waals surface area contributed by atoms with Crippen LogP contribution in [-0.2, 0) is 10.0 Å². The second kappa shape index (κ2) is 8.03. The summed E-state index contributed by atoms with van der Waals surface area (Å²) < 4.78 is 28.7. The Bertz CT molecular complexity index is 1400. The summed E-state index contributed by atoms with van der Waals surface area (Å²) >= 11 is 0. The van der Waals surface area contributed by atoms with Crippen LogP contribution in [0.5, 0.6) is 0 Å². The van der Waals surface area contributed by atoms with E-state index in [0.29, 0.717) is 36.8 Å². The Morgan fingerprint density at radius 2 is 1.91 bits per heavy atom. The van der Waals surface area contributed by atoms with E-state index in [4.69, 9.17) is 0 Å². The highest BCUT2D eigenvalue weighted by atomic mass is 32.2. The fraction of sp³-hybridized carbons (Fsp3) is 0.500. The minimum atomic E-state index is -3.40. The number of sulfonamides is 1. The molecule has 10 heteroatoms. The van der Waals surface area contributed by atoms with Gasteiger partial charge in [0.25, 0.3) is 0 Å². The van der Waals surface area contributed by atoms with Gasteiger partial charge in [0.1, 0.15) is 11.8 Å². The number of nitriles is 1. The monoisotopic (exact) mass is 479 g/mol. The quantitative estimate of drug-likeness (QED) is 0.565. The maximum atomic E-state index is 13.0. The summed E-state index contributed by atoms with van der Waals surface area (Å²) in [6.07, 6.45) is 5.42. The van der Waals surface area contributed by atoms with Gasteiger partial charge in [-0.25, -0.2) is 17.9 Å². The summed E-state index contributed by atoms with van der Waals surface area (Å²) in [7, 11) is -3.40. The molecule has 1 aliphatic heterocycles. The van der Waals surface area contributed by atoms with Crippen LogP contribution in [0, 0.1) is 11.3 Å². The van der Waals surface area contributed by atoms with Gasteiger partial charge in [0.05, 0.1) is 27.8 Å². The summed E-state index contributed by atoms with van der Waals surface area (Å²) in [4.78, 5) is 11.4. The van der Waals surface area contributed by atoms with Crippen molar-refractivity contribution in [3.05, 3.63) is 41.9 Å². The lowest BCUT2D eigenvalue weighted by Gasteiger charge is -2.42. The fourth-order valence-electron chi connectivity index (χ4n) is 4.64. The van der Waals surface area contributed by atoms with E-state index >= 15 is 0 Å². The van der Waals surface area contributed by atoms with Crippen LogP contribution in [0.3, 0.4) is 0 Å². The van der Waals surface area contributed by atoms with Gasteiger partial charge in [0.15, 0.2) is 5.82 Å². The first kappa shape index (κ1) is 22.7. The molecule has 1 atom stereocenters. The molecule has 0 spiro atoms. The highest BCUT2D eigenvalue weighted by Gasteiger charge is 2.40. The van der Waals surface area contributed by atoms with Crippen molar-refractivity contribution in [1.29, 1.82) is 5.26 Å². The fourth-order valence-corrected chi connectivity index (χ4v) is 6.15. The number of anilines is 1. The molecule has 1 saturated carbocycles. The summed E-state index contributed by atoms with van der Waals surface area (Å²) in [5, 5.41) is 13.9. The third-order valence-electron chi connectivity index (χ3n) is 6.71. The molecular weight excluding hydrogens is 450 g/mol. The van der Waals surface area contributed by atoms with Crippen LogP contribution in [0.25, 0.3) is 16.9 Å². The van der Waals surface area contributed by atoms with Crippen LogP contribution < -0.4 is 4.90 Å². The minimum absolute atomic E-state index is 0.0463. The minimum Gasteiger partial charge on any atom is -0.349 e. The van der Waals surface area contributed by atoms with Crippen molar-refractivity contribution in [3.8, 4) is 17.5 Å². The molecule has 1 aliphatic carbocycles. The maximum absolute atomic E-state index is 13.0. The largest absolute Gasteiger partial charge is 0.349 e. The van der Waals surface area contributed by atoms with Crippen LogP contribution in [0.15, 0.2) is 30.7 Å². The molecule has 0 amide bonds. The Morgan fingerprint density at radius 1 is 1.15 bits per heavy atom. The van der Waals surface area contributed by atoms with E-state index < -0.39 is 14.8 Å². The lowest BCUT2D eigenvalue weighted by Crippen LogP contribution is -2.57. The summed E-state index contributed by atoms with van der Waals surface area (Å²) in [5.74, 6) is 1.27. The number of hydrogen-bond donors (Lipinski definition) is 0. The van der Waals surface area contributed by atoms with E-state index in [9.17, 15) is 13.7 Å². The van der Waals surface area contributed by atoms with Gasteiger partial charge >= 0.3 is 0 Å². The van der Waals surface area contributed by atoms with Crippen molar-refractivity contribution in [2.45, 2.75) is 57.2 Å². The highest BCUT2D eigenvalue weighted by molar-refractivity contribution is 7.90. The molecule has 2 aliphatic rings. The molecule has 0 unspecified atom stereocenters. The molecule has 3 aromatic rings. The molecule has 1 saturated heterocycles. The van der Waals surface area contributed by atoms with Gasteiger partial charge in [-0.2, -0.15) is 14.7 Å². The second-order valence-corrected chi connectivity index (χ2v) is 12.9. The van der Waals surface area contributed by atoms with Crippen molar-refractivity contribution in [2.75, 3.05) is 24.5 Å². The van der Waals surface area contributed by atoms with Crippen molar-refractivity contribution in [3.63, 3.8) is 0 Å². The van der Waals surface area contributed by atoms with Crippen LogP contribution in [0.4, 0.5) is 5.82 Å². The first-order valence-electron chi connectivity index (χ1n) is 11.6. The smallest absolute Gasteiger partial charge is 0.219 e. The van der Waals surface area contributed by atoms with Crippen LogP contribution >= 0.6 is 0 Å². The topological polar surface area (TPSA) is 107 Å². The van der Waals surface area contributed by atoms with E-state index in [0.717, 1.165) is 29.9 Å². The van der Waals surface area contributed by atoms with Crippen LogP contribution in [0.1, 0.15) is 57.6 Å². The van der Waals surface area contributed by atoms with Crippen molar-refractivity contribution in [2.24, 2.45) is 0 Å². The average molecular weight is 480 g/mol. The zero-order valence-corrected chi connectivity index (χ0v) is 20.7. The number of nitrogens with zero attached hydrogens (tertiary/aromatic N) is 7. The molecule has 0 radical (unpaired) electrons. The predicted molar refractivity (Wildman–Crippen MR) is 130 cm³/mol. The number of fused-ring (bicyclic) bond motifs is 1. The average Bonchev–Trinajstić information content (AvgIpc) is 3.58. The van der Waals surface area contributed by atoms with Gasteiger partial charge in [-0.1, -0.05) is 0 Å². The molecular formula is C24H29N7O2S. The highest BCUT2D eigenvalue weighted by Crippen LogP contribution is 2.46. The Kier molecular flexibility index (Phi) is 5.37. The maximum Gasteiger partial charge on any atom is 0.219 e. The number of pyridine rings is 1. The lowest BCUT2D eigenvalue weighted by molar-refractivity contribution is 0.332. The molecule has 34 heavy (non-hydrogen) atoms. The van der Waals surface area contributed by atoms with Gasteiger partial charge in [0, 0.05) is 31.9 Å². The number of aromatic nitrogens is 4. The van der Waals surface area contributed by atoms with E-state index in [2.05, 4.69) is 32.1 Å². The summed E-state index contributed by atoms with van der Waals surface area (Å²) in [5.41, 5.74) is 4.21. The Labute approximate surface area is 200 Å². The third-order valence-corrected chi connectivity index (χ3v) is 9.27. The predicted octanol–water partition coefficient (Wildman–Crippen LogP) is 3.18. The molecule has 9 nitrogen and oxygen atoms in total. The first-order chi connectivity index (χ1) is 16.1. The Balaban J connectivity index is 1.57. The molecule has 3 aromatic heterocycles. The third kappa shape index (κ3) is 3.73. The Hall–Kier alpha value is -3.03. The second-order valence-electron chi connectivity index (χ2n) is 10.2. The molecule has 0 aromatic carbocycles. The van der Waals surface area contributed by atoms with Gasteiger partial charge in [-0.15, -0.1) is 0 Å². The Morgan fingerprint density at radius 3 is 2.56 bits per heavy atom. The van der Waals surface area contributed by atoms with Gasteiger partial charge < -0.3 is 4.90 Å². The van der Waals surface area contributed by atoms with Crippen molar-refractivity contribution >= 4 is 21.4 Å². The van der Waals surface area contributed by atoms with Crippen LogP contribution in [-0.4, -0.2) is 62.7 Å². The standard InChI is InChI=1S/C24H29N7O2S/c1-16-14-29(34(32,33)24(2,3)4)9-10-30(16)23-22-19(18-5-6-18)12-21(31(22)28-15-27-23)20-11-17(13-25)7-8-26-20/h7-8,11-12,15-16,18H,5-6,9-10,14H2,1-4H3/t16-/m0/s1. The number of hydrogen-bond acceptors (Lipinski definition) is 7. The van der Waals surface area contributed by atoms with Gasteiger partial charge in [0.2, 0.25) is 10.0 Å². The first-order valence-corrected chi connectivity index (χ1v) is 13.1. The molecule has 178 valence electrons. The molecule has 2 fully saturated rings. The lowest BCUT2D eigenvalue weighted by atomic mass is 10.1. The van der Waals surface area contributed by atoms with Crippen molar-refractivity contribution in [1.82, 2.24) is 23.9 Å². The van der Waals surface area contributed by atoms with Crippen molar-refractivity contribution < 1.29 is 8.42 Å². The van der Waals surface area contributed by atoms with Gasteiger partial charge in [-0.3, -0.25) is 4.98 Å². The van der Waals surface area contributed by atoms with Crippen LogP contribution in [0.2, 0.25) is 0 Å². The number of piperazine rings is 1. The summed E-state index contributed by atoms with van der Waals surface area (Å²) in [6.45, 7) is 8.65. The van der Waals surface area contributed by atoms with E-state index in [-0.39, 0.29) is 6.04 Å². The zero-order chi connectivity index (χ0) is 24.3. The summed E-state index contributed by atoms with van der Waals surface area (Å²) in [6, 6.07) is 7.72. The molecule has 4 heterocycles. The van der Waals surface area contributed by atoms with E-state index in [1.165, 1.54) is 5.56 Å². The molecule has 5 rings (SSSR count). The number of rotatable bonds is 4. The normalized spacial score (nSPS) is 20.0. The van der Waals surface area contributed by atoms with Gasteiger partial charge in [-0.05, 0) is 70.2 Å². The molecule has 0 bridgehead atoms.